The normalized spacial score (nSPS) is 11.2. The molecule has 1 N–H and O–H groups in total. The maximum atomic E-state index is 12.0. The van der Waals surface area contributed by atoms with Crippen LogP contribution in [0.1, 0.15) is 21.8 Å². The second-order valence-corrected chi connectivity index (χ2v) is 7.08. The van der Waals surface area contributed by atoms with Crippen LogP contribution in [0.15, 0.2) is 29.6 Å². The minimum Gasteiger partial charge on any atom is -0.245 e. The summed E-state index contributed by atoms with van der Waals surface area (Å²) in [5.41, 5.74) is 1.57. The Morgan fingerprint density at radius 1 is 1.40 bits per heavy atom. The molecule has 0 bridgehead atoms. The van der Waals surface area contributed by atoms with Crippen LogP contribution in [-0.4, -0.2) is 13.4 Å². The molecule has 0 saturated heterocycles. The molecule has 0 spiro atoms. The van der Waals surface area contributed by atoms with E-state index in [1.807, 2.05) is 18.4 Å². The van der Waals surface area contributed by atoms with Crippen LogP contribution >= 0.6 is 11.3 Å². The second-order valence-electron chi connectivity index (χ2n) is 4.21. The summed E-state index contributed by atoms with van der Waals surface area (Å²) >= 11 is 1.48. The maximum Gasteiger partial charge on any atom is 0.216 e. The average Bonchev–Trinajstić information content (AvgIpc) is 2.83. The average molecular weight is 307 g/mol. The minimum atomic E-state index is -3.49. The van der Waals surface area contributed by atoms with Crippen LogP contribution in [0.25, 0.3) is 0 Å². The van der Waals surface area contributed by atoms with E-state index in [9.17, 15) is 8.42 Å². The van der Waals surface area contributed by atoms with Crippen molar-refractivity contribution in [2.24, 2.45) is 0 Å². The van der Waals surface area contributed by atoms with Gasteiger partial charge in [-0.05, 0) is 18.6 Å². The first-order valence-corrected chi connectivity index (χ1v) is 8.40. The molecule has 0 unspecified atom stereocenters. The lowest BCUT2D eigenvalue weighted by molar-refractivity contribution is 0.579. The van der Waals surface area contributed by atoms with E-state index in [4.69, 9.17) is 5.26 Å². The summed E-state index contributed by atoms with van der Waals surface area (Å²) < 4.78 is 26.5. The van der Waals surface area contributed by atoms with E-state index in [1.54, 1.807) is 24.3 Å². The van der Waals surface area contributed by atoms with Crippen molar-refractivity contribution >= 4 is 21.4 Å². The van der Waals surface area contributed by atoms with Crippen molar-refractivity contribution < 1.29 is 8.42 Å². The van der Waals surface area contributed by atoms with Gasteiger partial charge in [0.2, 0.25) is 10.0 Å². The lowest BCUT2D eigenvalue weighted by atomic mass is 10.1. The molecule has 0 fully saturated rings. The molecule has 1 heterocycles. The fourth-order valence-electron chi connectivity index (χ4n) is 1.68. The number of nitrogens with zero attached hydrogens (tertiary/aromatic N) is 2. The molecule has 0 saturated carbocycles. The minimum absolute atomic E-state index is 0.168. The maximum absolute atomic E-state index is 12.0. The summed E-state index contributed by atoms with van der Waals surface area (Å²) in [5, 5.41) is 11.7. The fourth-order valence-corrected chi connectivity index (χ4v) is 3.43. The summed E-state index contributed by atoms with van der Waals surface area (Å²) in [6, 6.07) is 8.67. The summed E-state index contributed by atoms with van der Waals surface area (Å²) in [7, 11) is -3.49. The predicted octanol–water partition coefficient (Wildman–Crippen LogP) is 1.94. The van der Waals surface area contributed by atoms with Gasteiger partial charge in [-0.2, -0.15) is 5.26 Å². The molecular weight excluding hydrogens is 294 g/mol. The van der Waals surface area contributed by atoms with Crippen LogP contribution in [0.5, 0.6) is 0 Å². The van der Waals surface area contributed by atoms with Gasteiger partial charge in [-0.1, -0.05) is 18.2 Å². The zero-order chi connectivity index (χ0) is 14.6. The zero-order valence-electron chi connectivity index (χ0n) is 10.8. The van der Waals surface area contributed by atoms with Gasteiger partial charge in [0.25, 0.3) is 0 Å². The highest BCUT2D eigenvalue weighted by Crippen LogP contribution is 2.12. The van der Waals surface area contributed by atoms with Crippen LogP contribution in [-0.2, 0) is 22.3 Å². The first kappa shape index (κ1) is 14.7. The van der Waals surface area contributed by atoms with Crippen LogP contribution < -0.4 is 4.72 Å². The molecule has 0 amide bonds. The number of thiazole rings is 1. The van der Waals surface area contributed by atoms with Gasteiger partial charge in [0.05, 0.1) is 34.6 Å². The van der Waals surface area contributed by atoms with E-state index in [0.717, 1.165) is 5.01 Å². The van der Waals surface area contributed by atoms with Gasteiger partial charge in [0.15, 0.2) is 0 Å². The third kappa shape index (κ3) is 3.87. The largest absolute Gasteiger partial charge is 0.245 e. The van der Waals surface area contributed by atoms with Gasteiger partial charge >= 0.3 is 0 Å². The van der Waals surface area contributed by atoms with Crippen LogP contribution in [0.3, 0.4) is 0 Å². The van der Waals surface area contributed by atoms with E-state index >= 15 is 0 Å². The highest BCUT2D eigenvalue weighted by molar-refractivity contribution is 7.88. The number of nitriles is 1. The molecule has 20 heavy (non-hydrogen) atoms. The van der Waals surface area contributed by atoms with Crippen LogP contribution in [0.4, 0.5) is 0 Å². The Balaban J connectivity index is 2.06. The van der Waals surface area contributed by atoms with E-state index in [-0.39, 0.29) is 12.3 Å². The van der Waals surface area contributed by atoms with Crippen molar-refractivity contribution in [3.8, 4) is 6.07 Å². The van der Waals surface area contributed by atoms with Crippen molar-refractivity contribution in [3.05, 3.63) is 51.5 Å². The molecule has 0 aliphatic heterocycles. The predicted molar refractivity (Wildman–Crippen MR) is 77.5 cm³/mol. The van der Waals surface area contributed by atoms with Gasteiger partial charge in [0.1, 0.15) is 0 Å². The Labute approximate surface area is 122 Å². The third-order valence-corrected chi connectivity index (χ3v) is 4.72. The van der Waals surface area contributed by atoms with Crippen molar-refractivity contribution in [2.45, 2.75) is 19.2 Å². The Morgan fingerprint density at radius 2 is 2.15 bits per heavy atom. The highest BCUT2D eigenvalue weighted by Gasteiger charge is 2.14. The first-order chi connectivity index (χ1) is 9.50. The molecule has 7 heteroatoms. The molecule has 2 aromatic rings. The lowest BCUT2D eigenvalue weighted by Gasteiger charge is -2.06. The number of hydrogen-bond donors (Lipinski definition) is 1. The lowest BCUT2D eigenvalue weighted by Crippen LogP contribution is -2.25. The number of aromatic nitrogens is 1. The van der Waals surface area contributed by atoms with E-state index in [0.29, 0.717) is 16.8 Å². The topological polar surface area (TPSA) is 82.8 Å². The summed E-state index contributed by atoms with van der Waals surface area (Å²) in [6.07, 6.45) is 0. The second kappa shape index (κ2) is 6.13. The molecule has 0 radical (unpaired) electrons. The Hall–Kier alpha value is -1.75. The molecule has 2 rings (SSSR count). The number of rotatable bonds is 5. The number of benzene rings is 1. The van der Waals surface area contributed by atoms with Gasteiger partial charge < -0.3 is 0 Å². The van der Waals surface area contributed by atoms with E-state index in [1.165, 1.54) is 11.3 Å². The molecular formula is C13H13N3O2S2. The SMILES string of the molecule is Cc1nc(CNS(=O)(=O)Cc2ccccc2C#N)cs1. The fraction of sp³-hybridized carbons (Fsp3) is 0.231. The zero-order valence-corrected chi connectivity index (χ0v) is 12.5. The van der Waals surface area contributed by atoms with Gasteiger partial charge in [-0.25, -0.2) is 18.1 Å². The van der Waals surface area contributed by atoms with Gasteiger partial charge in [0, 0.05) is 5.38 Å². The quantitative estimate of drug-likeness (QED) is 0.915. The van der Waals surface area contributed by atoms with Crippen LogP contribution in [0, 0.1) is 18.3 Å². The molecule has 0 atom stereocenters. The standard InChI is InChI=1S/C13H13N3O2S2/c1-10-16-13(8-19-10)7-15-20(17,18)9-12-5-3-2-4-11(12)6-14/h2-5,8,15H,7,9H2,1H3. The van der Waals surface area contributed by atoms with Crippen LogP contribution in [0.2, 0.25) is 0 Å². The highest BCUT2D eigenvalue weighted by atomic mass is 32.2. The van der Waals surface area contributed by atoms with Crippen molar-refractivity contribution in [1.29, 1.82) is 5.26 Å². The van der Waals surface area contributed by atoms with E-state index in [2.05, 4.69) is 9.71 Å². The summed E-state index contributed by atoms with van der Waals surface area (Å²) in [4.78, 5) is 4.19. The summed E-state index contributed by atoms with van der Waals surface area (Å²) in [5.74, 6) is -0.208. The Morgan fingerprint density at radius 3 is 2.80 bits per heavy atom. The molecule has 5 nitrogen and oxygen atoms in total. The molecule has 1 aromatic heterocycles. The number of aryl methyl sites for hydroxylation is 1. The molecule has 0 aliphatic rings. The van der Waals surface area contributed by atoms with Crippen molar-refractivity contribution in [1.82, 2.24) is 9.71 Å². The molecule has 0 aliphatic carbocycles. The Bertz CT molecular complexity index is 745. The number of nitrogens with one attached hydrogen (secondary N) is 1. The number of hydrogen-bond acceptors (Lipinski definition) is 5. The molecule has 104 valence electrons. The number of sulfonamides is 1. The smallest absolute Gasteiger partial charge is 0.216 e. The summed E-state index contributed by atoms with van der Waals surface area (Å²) in [6.45, 7) is 2.03. The van der Waals surface area contributed by atoms with Crippen molar-refractivity contribution in [2.75, 3.05) is 0 Å². The van der Waals surface area contributed by atoms with Gasteiger partial charge in [-0.3, -0.25) is 0 Å². The van der Waals surface area contributed by atoms with Gasteiger partial charge in [-0.15, -0.1) is 11.3 Å². The first-order valence-electron chi connectivity index (χ1n) is 5.86. The molecule has 1 aromatic carbocycles. The van der Waals surface area contributed by atoms with E-state index < -0.39 is 10.0 Å². The van der Waals surface area contributed by atoms with Crippen molar-refractivity contribution in [3.63, 3.8) is 0 Å². The third-order valence-electron chi connectivity index (χ3n) is 2.62. The Kier molecular flexibility index (Phi) is 4.49. The monoisotopic (exact) mass is 307 g/mol.